The molecule has 146 valence electrons. The van der Waals surface area contributed by atoms with Gasteiger partial charge in [-0.25, -0.2) is 13.4 Å². The molecule has 1 aliphatic heterocycles. The lowest BCUT2D eigenvalue weighted by Gasteiger charge is -2.31. The summed E-state index contributed by atoms with van der Waals surface area (Å²) in [6, 6.07) is 6.55. The maximum atomic E-state index is 13.0. The van der Waals surface area contributed by atoms with Crippen molar-refractivity contribution in [2.45, 2.75) is 37.1 Å². The number of hydrogen-bond acceptors (Lipinski definition) is 6. The maximum absolute atomic E-state index is 13.0. The van der Waals surface area contributed by atoms with Crippen molar-refractivity contribution >= 4 is 27.3 Å². The van der Waals surface area contributed by atoms with Crippen molar-refractivity contribution in [2.75, 3.05) is 20.2 Å². The standard InChI is InChI=1S/C18H23N3O4S2/c1-13(22)19-10-15-12-26-18(20-15)14-5-4-8-21(11-14)27(23,24)17-7-3-6-16(9-17)25-2/h3,6-7,9,12,14H,4-5,8,10-11H2,1-2H3,(H,19,22). The fourth-order valence-electron chi connectivity index (χ4n) is 3.08. The average Bonchev–Trinajstić information content (AvgIpc) is 3.15. The normalized spacial score (nSPS) is 18.2. The average molecular weight is 410 g/mol. The molecule has 7 nitrogen and oxygen atoms in total. The van der Waals surface area contributed by atoms with Crippen LogP contribution in [0.25, 0.3) is 0 Å². The van der Waals surface area contributed by atoms with Crippen molar-refractivity contribution in [3.63, 3.8) is 0 Å². The highest BCUT2D eigenvalue weighted by molar-refractivity contribution is 7.89. The van der Waals surface area contributed by atoms with Gasteiger partial charge in [-0.3, -0.25) is 4.79 Å². The molecule has 0 saturated carbocycles. The van der Waals surface area contributed by atoms with Crippen LogP contribution in [-0.4, -0.2) is 43.8 Å². The third-order valence-electron chi connectivity index (χ3n) is 4.50. The Labute approximate surface area is 163 Å². The number of methoxy groups -OCH3 is 1. The minimum absolute atomic E-state index is 0.0650. The molecule has 1 aromatic carbocycles. The van der Waals surface area contributed by atoms with Crippen LogP contribution in [0, 0.1) is 0 Å². The smallest absolute Gasteiger partial charge is 0.243 e. The molecule has 9 heteroatoms. The van der Waals surface area contributed by atoms with Crippen LogP contribution in [0.4, 0.5) is 0 Å². The minimum Gasteiger partial charge on any atom is -0.497 e. The number of aromatic nitrogens is 1. The van der Waals surface area contributed by atoms with E-state index in [2.05, 4.69) is 10.3 Å². The van der Waals surface area contributed by atoms with Crippen molar-refractivity contribution in [1.82, 2.24) is 14.6 Å². The SMILES string of the molecule is COc1cccc(S(=O)(=O)N2CCCC(c3nc(CNC(C)=O)cs3)C2)c1. The molecule has 1 N–H and O–H groups in total. The summed E-state index contributed by atoms with van der Waals surface area (Å²) in [6.45, 7) is 2.77. The molecule has 0 radical (unpaired) electrons. The van der Waals surface area contributed by atoms with Crippen molar-refractivity contribution in [3.05, 3.63) is 40.3 Å². The van der Waals surface area contributed by atoms with Gasteiger partial charge in [-0.2, -0.15) is 4.31 Å². The summed E-state index contributed by atoms with van der Waals surface area (Å²) in [5.41, 5.74) is 0.804. The Kier molecular flexibility index (Phi) is 6.13. The molecule has 1 aliphatic rings. The molecule has 3 rings (SSSR count). The minimum atomic E-state index is -3.58. The lowest BCUT2D eigenvalue weighted by molar-refractivity contribution is -0.119. The summed E-state index contributed by atoms with van der Waals surface area (Å²) in [6.07, 6.45) is 1.69. The number of thiazole rings is 1. The van der Waals surface area contributed by atoms with Crippen LogP contribution in [0.15, 0.2) is 34.5 Å². The molecule has 27 heavy (non-hydrogen) atoms. The van der Waals surface area contributed by atoms with Crippen molar-refractivity contribution in [2.24, 2.45) is 0 Å². The topological polar surface area (TPSA) is 88.6 Å². The van der Waals surface area contributed by atoms with E-state index in [0.29, 0.717) is 25.4 Å². The number of benzene rings is 1. The van der Waals surface area contributed by atoms with Crippen LogP contribution in [-0.2, 0) is 21.4 Å². The predicted octanol–water partition coefficient (Wildman–Crippen LogP) is 2.36. The molecule has 1 amide bonds. The predicted molar refractivity (Wildman–Crippen MR) is 103 cm³/mol. The number of amides is 1. The Morgan fingerprint density at radius 3 is 3.00 bits per heavy atom. The molecule has 1 unspecified atom stereocenters. The maximum Gasteiger partial charge on any atom is 0.243 e. The molecule has 1 saturated heterocycles. The summed E-state index contributed by atoms with van der Waals surface area (Å²) in [4.78, 5) is 15.9. The second-order valence-corrected chi connectivity index (χ2v) is 9.30. The van der Waals surface area contributed by atoms with Crippen LogP contribution >= 0.6 is 11.3 Å². The van der Waals surface area contributed by atoms with Crippen molar-refractivity contribution < 1.29 is 17.9 Å². The molecule has 0 bridgehead atoms. The zero-order valence-corrected chi connectivity index (χ0v) is 17.0. The Morgan fingerprint density at radius 2 is 2.26 bits per heavy atom. The first-order valence-electron chi connectivity index (χ1n) is 8.73. The Balaban J connectivity index is 1.74. The quantitative estimate of drug-likeness (QED) is 0.791. The van der Waals surface area contributed by atoms with Crippen LogP contribution < -0.4 is 10.1 Å². The van der Waals surface area contributed by atoms with Crippen LogP contribution in [0.2, 0.25) is 0 Å². The van der Waals surface area contributed by atoms with E-state index in [1.165, 1.54) is 29.7 Å². The van der Waals surface area contributed by atoms with Gasteiger partial charge in [-0.1, -0.05) is 6.07 Å². The van der Waals surface area contributed by atoms with Gasteiger partial charge in [0.1, 0.15) is 5.75 Å². The molecule has 0 aliphatic carbocycles. The number of hydrogen-bond donors (Lipinski definition) is 1. The van der Waals surface area contributed by atoms with Crippen LogP contribution in [0.5, 0.6) is 5.75 Å². The van der Waals surface area contributed by atoms with Gasteiger partial charge in [0.2, 0.25) is 15.9 Å². The Hall–Kier alpha value is -1.97. The molecular weight excluding hydrogens is 386 g/mol. The summed E-state index contributed by atoms with van der Waals surface area (Å²) in [7, 11) is -2.06. The molecule has 2 aromatic rings. The third-order valence-corrected chi connectivity index (χ3v) is 7.42. The number of nitrogens with zero attached hydrogens (tertiary/aromatic N) is 2. The van der Waals surface area contributed by atoms with Gasteiger partial charge in [-0.15, -0.1) is 11.3 Å². The largest absolute Gasteiger partial charge is 0.497 e. The summed E-state index contributed by atoms with van der Waals surface area (Å²) in [5, 5.41) is 5.57. The first kappa shape index (κ1) is 19.8. The van der Waals surface area contributed by atoms with Gasteiger partial charge < -0.3 is 10.1 Å². The molecule has 1 fully saturated rings. The van der Waals surface area contributed by atoms with Crippen LogP contribution in [0.3, 0.4) is 0 Å². The number of carbonyl (C=O) groups is 1. The fourth-order valence-corrected chi connectivity index (χ4v) is 5.59. The summed E-state index contributed by atoms with van der Waals surface area (Å²) in [5.74, 6) is 0.486. The number of sulfonamides is 1. The van der Waals surface area contributed by atoms with E-state index < -0.39 is 10.0 Å². The zero-order chi connectivity index (χ0) is 19.4. The molecule has 2 heterocycles. The van der Waals surface area contributed by atoms with E-state index in [0.717, 1.165) is 23.5 Å². The van der Waals surface area contributed by atoms with E-state index in [4.69, 9.17) is 4.74 Å². The highest BCUT2D eigenvalue weighted by atomic mass is 32.2. The summed E-state index contributed by atoms with van der Waals surface area (Å²) < 4.78 is 32.7. The van der Waals surface area contributed by atoms with Gasteiger partial charge in [0.05, 0.1) is 29.3 Å². The second kappa shape index (κ2) is 8.37. The monoisotopic (exact) mass is 409 g/mol. The number of piperidine rings is 1. The number of ether oxygens (including phenoxy) is 1. The second-order valence-electron chi connectivity index (χ2n) is 6.47. The number of nitrogens with one attached hydrogen (secondary N) is 1. The first-order chi connectivity index (χ1) is 12.9. The number of carbonyl (C=O) groups excluding carboxylic acids is 1. The molecule has 1 atom stereocenters. The highest BCUT2D eigenvalue weighted by Gasteiger charge is 2.32. The Bertz CT molecular complexity index is 911. The molecule has 1 aromatic heterocycles. The van der Waals surface area contributed by atoms with E-state index in [1.54, 1.807) is 24.3 Å². The van der Waals surface area contributed by atoms with Gasteiger partial charge in [-0.05, 0) is 25.0 Å². The highest BCUT2D eigenvalue weighted by Crippen LogP contribution is 2.32. The van der Waals surface area contributed by atoms with Gasteiger partial charge in [0.25, 0.3) is 0 Å². The third kappa shape index (κ3) is 4.66. The number of rotatable bonds is 6. The Morgan fingerprint density at radius 1 is 1.44 bits per heavy atom. The zero-order valence-electron chi connectivity index (χ0n) is 15.3. The fraction of sp³-hybridized carbons (Fsp3) is 0.444. The van der Waals surface area contributed by atoms with E-state index >= 15 is 0 Å². The van der Waals surface area contributed by atoms with Gasteiger partial charge in [0.15, 0.2) is 0 Å². The van der Waals surface area contributed by atoms with Gasteiger partial charge in [0, 0.05) is 37.4 Å². The van der Waals surface area contributed by atoms with Crippen LogP contribution in [0.1, 0.15) is 36.4 Å². The lowest BCUT2D eigenvalue weighted by atomic mass is 10.0. The van der Waals surface area contributed by atoms with E-state index in [-0.39, 0.29) is 16.7 Å². The molecular formula is C18H23N3O4S2. The summed E-state index contributed by atoms with van der Waals surface area (Å²) >= 11 is 1.52. The van der Waals surface area contributed by atoms with E-state index in [9.17, 15) is 13.2 Å². The van der Waals surface area contributed by atoms with E-state index in [1.807, 2.05) is 5.38 Å². The van der Waals surface area contributed by atoms with Crippen molar-refractivity contribution in [3.8, 4) is 5.75 Å². The first-order valence-corrected chi connectivity index (χ1v) is 11.0. The van der Waals surface area contributed by atoms with Gasteiger partial charge >= 0.3 is 0 Å². The van der Waals surface area contributed by atoms with Crippen molar-refractivity contribution in [1.29, 1.82) is 0 Å². The lowest BCUT2D eigenvalue weighted by Crippen LogP contribution is -2.39. The molecule has 0 spiro atoms.